The normalized spacial score (nSPS) is 16.6. The number of benzene rings is 1. The number of rotatable bonds is 3. The topological polar surface area (TPSA) is 102 Å². The average molecular weight is 395 g/mol. The minimum atomic E-state index is -0.375. The highest BCUT2D eigenvalue weighted by Crippen LogP contribution is 2.27. The number of aromatic nitrogens is 4. The van der Waals surface area contributed by atoms with E-state index in [4.69, 9.17) is 5.73 Å². The van der Waals surface area contributed by atoms with Crippen LogP contribution in [0.5, 0.6) is 0 Å². The van der Waals surface area contributed by atoms with E-state index < -0.39 is 0 Å². The highest BCUT2D eigenvalue weighted by Gasteiger charge is 2.26. The number of carbonyl (C=O) groups excluding carboxylic acids is 1. The third kappa shape index (κ3) is 3.89. The van der Waals surface area contributed by atoms with Crippen LogP contribution >= 0.6 is 0 Å². The maximum Gasteiger partial charge on any atom is 0.321 e. The molecule has 1 atom stereocenters. The Kier molecular flexibility index (Phi) is 5.11. The van der Waals surface area contributed by atoms with Gasteiger partial charge >= 0.3 is 6.03 Å². The standard InChI is InChI=1S/C20H22FN7O/c1-13-17(11-24-28(13)18-7-3-2-6-15(18)21)26-20(29)27-10-4-5-14(12-27)16-8-9-23-19(22)25-16/h2-3,6-9,11,14H,4-5,10,12H2,1H3,(H,26,29)(H2,22,23,25). The fraction of sp³-hybridized carbons (Fsp3) is 0.300. The van der Waals surface area contributed by atoms with Crippen molar-refractivity contribution in [2.45, 2.75) is 25.7 Å². The van der Waals surface area contributed by atoms with Crippen LogP contribution in [0.4, 0.5) is 20.8 Å². The molecule has 3 heterocycles. The van der Waals surface area contributed by atoms with E-state index in [0.29, 0.717) is 30.2 Å². The number of hydrogen-bond donors (Lipinski definition) is 2. The van der Waals surface area contributed by atoms with Crippen molar-refractivity contribution in [2.24, 2.45) is 0 Å². The summed E-state index contributed by atoms with van der Waals surface area (Å²) in [5.41, 5.74) is 8.07. The molecule has 0 radical (unpaired) electrons. The number of nitrogens with one attached hydrogen (secondary N) is 1. The maximum atomic E-state index is 14.1. The first-order valence-electron chi connectivity index (χ1n) is 9.47. The predicted octanol–water partition coefficient (Wildman–Crippen LogP) is 3.10. The lowest BCUT2D eigenvalue weighted by Gasteiger charge is -2.32. The van der Waals surface area contributed by atoms with Crippen molar-refractivity contribution in [1.82, 2.24) is 24.6 Å². The molecule has 1 aliphatic rings. The Morgan fingerprint density at radius 1 is 1.31 bits per heavy atom. The van der Waals surface area contributed by atoms with Crippen LogP contribution in [0.25, 0.3) is 5.69 Å². The summed E-state index contributed by atoms with van der Waals surface area (Å²) in [5, 5.41) is 7.13. The lowest BCUT2D eigenvalue weighted by molar-refractivity contribution is 0.192. The smallest absolute Gasteiger partial charge is 0.321 e. The van der Waals surface area contributed by atoms with Gasteiger partial charge in [0.15, 0.2) is 0 Å². The molecule has 8 nitrogen and oxygen atoms in total. The van der Waals surface area contributed by atoms with Crippen LogP contribution in [0.15, 0.2) is 42.7 Å². The molecule has 1 aliphatic heterocycles. The quantitative estimate of drug-likeness (QED) is 0.709. The zero-order valence-corrected chi connectivity index (χ0v) is 16.0. The Morgan fingerprint density at radius 2 is 2.14 bits per heavy atom. The number of nitrogens with zero attached hydrogens (tertiary/aromatic N) is 5. The second-order valence-electron chi connectivity index (χ2n) is 7.06. The molecule has 0 aliphatic carbocycles. The Labute approximate surface area is 167 Å². The lowest BCUT2D eigenvalue weighted by atomic mass is 9.95. The first-order chi connectivity index (χ1) is 14.0. The van der Waals surface area contributed by atoms with E-state index in [0.717, 1.165) is 18.5 Å². The first-order valence-corrected chi connectivity index (χ1v) is 9.47. The molecular weight excluding hydrogens is 373 g/mol. The van der Waals surface area contributed by atoms with Crippen LogP contribution in [0, 0.1) is 12.7 Å². The van der Waals surface area contributed by atoms with Crippen molar-refractivity contribution in [3.8, 4) is 5.69 Å². The molecule has 0 spiro atoms. The van der Waals surface area contributed by atoms with Gasteiger partial charge in [0.2, 0.25) is 5.95 Å². The molecule has 1 unspecified atom stereocenters. The van der Waals surface area contributed by atoms with Gasteiger partial charge in [-0.15, -0.1) is 0 Å². The van der Waals surface area contributed by atoms with Crippen molar-refractivity contribution in [1.29, 1.82) is 0 Å². The Bertz CT molecular complexity index is 1040. The second-order valence-corrected chi connectivity index (χ2v) is 7.06. The number of carbonyl (C=O) groups is 1. The Hall–Kier alpha value is -3.49. The van der Waals surface area contributed by atoms with Gasteiger partial charge in [0.25, 0.3) is 0 Å². The minimum absolute atomic E-state index is 0.113. The van der Waals surface area contributed by atoms with Crippen LogP contribution in [0.1, 0.15) is 30.1 Å². The molecule has 2 aromatic heterocycles. The van der Waals surface area contributed by atoms with E-state index in [1.54, 1.807) is 36.2 Å². The number of halogens is 1. The van der Waals surface area contributed by atoms with Gasteiger partial charge in [0.1, 0.15) is 11.5 Å². The van der Waals surface area contributed by atoms with E-state index in [-0.39, 0.29) is 23.7 Å². The second kappa shape index (κ2) is 7.86. The van der Waals surface area contributed by atoms with Gasteiger partial charge in [-0.1, -0.05) is 12.1 Å². The molecule has 3 aromatic rings. The van der Waals surface area contributed by atoms with Crippen LogP contribution in [0.3, 0.4) is 0 Å². The molecule has 1 aromatic carbocycles. The predicted molar refractivity (Wildman–Crippen MR) is 107 cm³/mol. The van der Waals surface area contributed by atoms with E-state index in [1.165, 1.54) is 16.9 Å². The van der Waals surface area contributed by atoms with E-state index in [1.807, 2.05) is 6.07 Å². The van der Waals surface area contributed by atoms with Gasteiger partial charge < -0.3 is 16.0 Å². The first kappa shape index (κ1) is 18.9. The highest BCUT2D eigenvalue weighted by atomic mass is 19.1. The van der Waals surface area contributed by atoms with Gasteiger partial charge in [0, 0.05) is 25.2 Å². The van der Waals surface area contributed by atoms with Crippen LogP contribution in [0.2, 0.25) is 0 Å². The Balaban J connectivity index is 1.48. The number of para-hydroxylation sites is 1. The number of hydrogen-bond acceptors (Lipinski definition) is 5. The third-order valence-corrected chi connectivity index (χ3v) is 5.15. The van der Waals surface area contributed by atoms with Crippen molar-refractivity contribution >= 4 is 17.7 Å². The number of likely N-dealkylation sites (tertiary alicyclic amines) is 1. The SMILES string of the molecule is Cc1c(NC(=O)N2CCCC(c3ccnc(N)n3)C2)cnn1-c1ccccc1F. The molecule has 0 bridgehead atoms. The molecule has 29 heavy (non-hydrogen) atoms. The van der Waals surface area contributed by atoms with Gasteiger partial charge in [-0.25, -0.2) is 23.8 Å². The molecule has 3 N–H and O–H groups in total. The van der Waals surface area contributed by atoms with E-state index in [2.05, 4.69) is 20.4 Å². The minimum Gasteiger partial charge on any atom is -0.368 e. The number of urea groups is 1. The third-order valence-electron chi connectivity index (χ3n) is 5.15. The van der Waals surface area contributed by atoms with Crippen LogP contribution in [-0.2, 0) is 0 Å². The summed E-state index contributed by atoms with van der Waals surface area (Å²) in [5.74, 6) is -0.0261. The monoisotopic (exact) mass is 395 g/mol. The van der Waals surface area contributed by atoms with Gasteiger partial charge in [-0.05, 0) is 38.0 Å². The summed E-state index contributed by atoms with van der Waals surface area (Å²) in [6.45, 7) is 2.99. The van der Waals surface area contributed by atoms with Crippen molar-refractivity contribution in [3.05, 3.63) is 59.9 Å². The number of piperidine rings is 1. The summed E-state index contributed by atoms with van der Waals surface area (Å²) in [4.78, 5) is 22.8. The fourth-order valence-electron chi connectivity index (χ4n) is 3.61. The zero-order chi connectivity index (χ0) is 20.4. The summed E-state index contributed by atoms with van der Waals surface area (Å²) < 4.78 is 15.6. The number of anilines is 2. The van der Waals surface area contributed by atoms with Gasteiger partial charge in [0.05, 0.1) is 23.3 Å². The summed E-state index contributed by atoms with van der Waals surface area (Å²) >= 11 is 0. The van der Waals surface area contributed by atoms with Crippen LogP contribution in [-0.4, -0.2) is 43.8 Å². The molecule has 9 heteroatoms. The molecule has 1 saturated heterocycles. The molecule has 4 rings (SSSR count). The molecular formula is C20H22FN7O. The van der Waals surface area contributed by atoms with E-state index >= 15 is 0 Å². The lowest BCUT2D eigenvalue weighted by Crippen LogP contribution is -2.41. The molecule has 0 saturated carbocycles. The summed E-state index contributed by atoms with van der Waals surface area (Å²) in [7, 11) is 0. The fourth-order valence-corrected chi connectivity index (χ4v) is 3.61. The van der Waals surface area contributed by atoms with Crippen molar-refractivity contribution in [2.75, 3.05) is 24.1 Å². The maximum absolute atomic E-state index is 14.1. The Morgan fingerprint density at radius 3 is 2.93 bits per heavy atom. The van der Waals surface area contributed by atoms with Gasteiger partial charge in [-0.3, -0.25) is 0 Å². The molecule has 2 amide bonds. The van der Waals surface area contributed by atoms with Crippen molar-refractivity contribution < 1.29 is 9.18 Å². The number of amides is 2. The van der Waals surface area contributed by atoms with Crippen molar-refractivity contribution in [3.63, 3.8) is 0 Å². The number of nitrogen functional groups attached to an aromatic ring is 1. The number of nitrogens with two attached hydrogens (primary N) is 1. The average Bonchev–Trinajstić information content (AvgIpc) is 3.08. The van der Waals surface area contributed by atoms with Gasteiger partial charge in [-0.2, -0.15) is 5.10 Å². The largest absolute Gasteiger partial charge is 0.368 e. The van der Waals surface area contributed by atoms with Crippen LogP contribution < -0.4 is 11.1 Å². The molecule has 150 valence electrons. The summed E-state index contributed by atoms with van der Waals surface area (Å²) in [6, 6.07) is 8.01. The molecule has 1 fully saturated rings. The highest BCUT2D eigenvalue weighted by molar-refractivity contribution is 5.90. The van der Waals surface area contributed by atoms with E-state index in [9.17, 15) is 9.18 Å². The summed E-state index contributed by atoms with van der Waals surface area (Å²) in [6.07, 6.45) is 4.98. The zero-order valence-electron chi connectivity index (χ0n) is 16.0.